The van der Waals surface area contributed by atoms with E-state index in [2.05, 4.69) is 10.6 Å². The van der Waals surface area contributed by atoms with Gasteiger partial charge in [-0.25, -0.2) is 0 Å². The second-order valence-corrected chi connectivity index (χ2v) is 3.75. The van der Waals surface area contributed by atoms with Crippen molar-refractivity contribution in [1.82, 2.24) is 5.32 Å². The average Bonchev–Trinajstić information content (AvgIpc) is 2.35. The Balaban J connectivity index is 2.48. The topological polar surface area (TPSA) is 104 Å². The third kappa shape index (κ3) is 4.94. The second kappa shape index (κ2) is 7.41. The van der Waals surface area contributed by atoms with Gasteiger partial charge in [-0.3, -0.25) is 9.59 Å². The SMILES string of the molecule is NCCN[C@@H](CC(=O)Nc1ccccc1)C(=O)O. The Labute approximate surface area is 105 Å². The van der Waals surface area contributed by atoms with E-state index in [0.29, 0.717) is 18.8 Å². The molecule has 0 unspecified atom stereocenters. The largest absolute Gasteiger partial charge is 0.480 e. The van der Waals surface area contributed by atoms with Gasteiger partial charge in [-0.1, -0.05) is 18.2 Å². The molecular formula is C12H17N3O3. The Hall–Kier alpha value is -1.92. The summed E-state index contributed by atoms with van der Waals surface area (Å²) in [4.78, 5) is 22.6. The van der Waals surface area contributed by atoms with Crippen molar-refractivity contribution < 1.29 is 14.7 Å². The van der Waals surface area contributed by atoms with Gasteiger partial charge in [-0.2, -0.15) is 0 Å². The first-order valence-corrected chi connectivity index (χ1v) is 5.64. The van der Waals surface area contributed by atoms with Crippen LogP contribution in [0.1, 0.15) is 6.42 Å². The highest BCUT2D eigenvalue weighted by Gasteiger charge is 2.20. The normalized spacial score (nSPS) is 11.8. The molecule has 0 radical (unpaired) electrons. The van der Waals surface area contributed by atoms with Crippen LogP contribution in [-0.4, -0.2) is 36.1 Å². The van der Waals surface area contributed by atoms with Crippen LogP contribution in [0.15, 0.2) is 30.3 Å². The van der Waals surface area contributed by atoms with E-state index >= 15 is 0 Å². The zero-order chi connectivity index (χ0) is 13.4. The summed E-state index contributed by atoms with van der Waals surface area (Å²) in [5.41, 5.74) is 5.92. The van der Waals surface area contributed by atoms with Crippen LogP contribution in [0.2, 0.25) is 0 Å². The fraction of sp³-hybridized carbons (Fsp3) is 0.333. The number of aliphatic carboxylic acids is 1. The van der Waals surface area contributed by atoms with Gasteiger partial charge in [-0.05, 0) is 12.1 Å². The monoisotopic (exact) mass is 251 g/mol. The van der Waals surface area contributed by atoms with Crippen LogP contribution in [0, 0.1) is 0 Å². The van der Waals surface area contributed by atoms with E-state index in [4.69, 9.17) is 10.8 Å². The Kier molecular flexibility index (Phi) is 5.83. The average molecular weight is 251 g/mol. The van der Waals surface area contributed by atoms with E-state index < -0.39 is 12.0 Å². The van der Waals surface area contributed by atoms with E-state index in [0.717, 1.165) is 0 Å². The van der Waals surface area contributed by atoms with Crippen molar-refractivity contribution >= 4 is 17.6 Å². The maximum atomic E-state index is 11.6. The third-order valence-corrected chi connectivity index (χ3v) is 2.28. The first-order chi connectivity index (χ1) is 8.63. The molecule has 0 aliphatic carbocycles. The molecule has 0 heterocycles. The van der Waals surface area contributed by atoms with Crippen LogP contribution < -0.4 is 16.4 Å². The van der Waals surface area contributed by atoms with Gasteiger partial charge in [0.15, 0.2) is 0 Å². The number of anilines is 1. The lowest BCUT2D eigenvalue weighted by Crippen LogP contribution is -2.41. The van der Waals surface area contributed by atoms with E-state index in [1.165, 1.54) is 0 Å². The van der Waals surface area contributed by atoms with Crippen LogP contribution in [0.5, 0.6) is 0 Å². The molecule has 1 atom stereocenters. The van der Waals surface area contributed by atoms with Crippen molar-refractivity contribution in [3.05, 3.63) is 30.3 Å². The number of carbonyl (C=O) groups excluding carboxylic acids is 1. The summed E-state index contributed by atoms with van der Waals surface area (Å²) < 4.78 is 0. The van der Waals surface area contributed by atoms with Crippen LogP contribution in [-0.2, 0) is 9.59 Å². The fourth-order valence-electron chi connectivity index (χ4n) is 1.42. The van der Waals surface area contributed by atoms with Crippen LogP contribution in [0.3, 0.4) is 0 Å². The van der Waals surface area contributed by atoms with Gasteiger partial charge in [0.05, 0.1) is 6.42 Å². The lowest BCUT2D eigenvalue weighted by Gasteiger charge is -2.13. The molecule has 0 fully saturated rings. The molecule has 0 aliphatic rings. The molecule has 5 N–H and O–H groups in total. The number of carboxylic acid groups (broad SMARTS) is 1. The molecule has 0 bridgehead atoms. The summed E-state index contributed by atoms with van der Waals surface area (Å²) in [6, 6.07) is 7.96. The van der Waals surface area contributed by atoms with Crippen molar-refractivity contribution in [2.45, 2.75) is 12.5 Å². The smallest absolute Gasteiger partial charge is 0.321 e. The molecule has 6 heteroatoms. The zero-order valence-corrected chi connectivity index (χ0v) is 9.93. The molecule has 18 heavy (non-hydrogen) atoms. The van der Waals surface area contributed by atoms with Gasteiger partial charge in [0.2, 0.25) is 5.91 Å². The number of amides is 1. The summed E-state index contributed by atoms with van der Waals surface area (Å²) in [7, 11) is 0. The van der Waals surface area contributed by atoms with E-state index in [1.54, 1.807) is 24.3 Å². The first-order valence-electron chi connectivity index (χ1n) is 5.64. The molecule has 1 aromatic rings. The summed E-state index contributed by atoms with van der Waals surface area (Å²) in [6.45, 7) is 0.680. The number of benzene rings is 1. The Morgan fingerprint density at radius 2 is 1.94 bits per heavy atom. The van der Waals surface area contributed by atoms with Crippen molar-refractivity contribution in [3.63, 3.8) is 0 Å². The summed E-state index contributed by atoms with van der Waals surface area (Å²) >= 11 is 0. The number of rotatable bonds is 7. The standard InChI is InChI=1S/C12H17N3O3/c13-6-7-14-10(12(17)18)8-11(16)15-9-4-2-1-3-5-9/h1-5,10,14H,6-8,13H2,(H,15,16)(H,17,18)/t10-/m0/s1. The lowest BCUT2D eigenvalue weighted by molar-refractivity contribution is -0.141. The molecule has 6 nitrogen and oxygen atoms in total. The van der Waals surface area contributed by atoms with E-state index in [9.17, 15) is 9.59 Å². The first kappa shape index (κ1) is 14.1. The number of nitrogens with one attached hydrogen (secondary N) is 2. The third-order valence-electron chi connectivity index (χ3n) is 2.28. The molecule has 0 aliphatic heterocycles. The second-order valence-electron chi connectivity index (χ2n) is 3.75. The molecule has 1 amide bonds. The fourth-order valence-corrected chi connectivity index (χ4v) is 1.42. The molecule has 0 aromatic heterocycles. The molecular weight excluding hydrogens is 234 g/mol. The molecule has 1 aromatic carbocycles. The lowest BCUT2D eigenvalue weighted by atomic mass is 10.2. The van der Waals surface area contributed by atoms with E-state index in [-0.39, 0.29) is 12.3 Å². The molecule has 98 valence electrons. The quantitative estimate of drug-likeness (QED) is 0.546. The predicted octanol–water partition coefficient (Wildman–Crippen LogP) is 0.0167. The minimum absolute atomic E-state index is 0.135. The maximum absolute atomic E-state index is 11.6. The van der Waals surface area contributed by atoms with Crippen molar-refractivity contribution in [1.29, 1.82) is 0 Å². The van der Waals surface area contributed by atoms with Gasteiger partial charge in [0.1, 0.15) is 6.04 Å². The van der Waals surface area contributed by atoms with Crippen LogP contribution >= 0.6 is 0 Å². The van der Waals surface area contributed by atoms with Crippen molar-refractivity contribution in [2.24, 2.45) is 5.73 Å². The summed E-state index contributed by atoms with van der Waals surface area (Å²) in [6.07, 6.45) is -0.135. The molecule has 1 rings (SSSR count). The highest BCUT2D eigenvalue weighted by Crippen LogP contribution is 2.06. The highest BCUT2D eigenvalue weighted by atomic mass is 16.4. The minimum Gasteiger partial charge on any atom is -0.480 e. The number of hydrogen-bond acceptors (Lipinski definition) is 4. The number of nitrogens with two attached hydrogens (primary N) is 1. The molecule has 0 saturated carbocycles. The molecule has 0 saturated heterocycles. The van der Waals surface area contributed by atoms with Gasteiger partial charge in [0.25, 0.3) is 0 Å². The van der Waals surface area contributed by atoms with Gasteiger partial charge in [-0.15, -0.1) is 0 Å². The van der Waals surface area contributed by atoms with Gasteiger partial charge in [0, 0.05) is 18.8 Å². The minimum atomic E-state index is -1.06. The van der Waals surface area contributed by atoms with Crippen LogP contribution in [0.25, 0.3) is 0 Å². The van der Waals surface area contributed by atoms with Gasteiger partial charge < -0.3 is 21.5 Å². The zero-order valence-electron chi connectivity index (χ0n) is 9.93. The van der Waals surface area contributed by atoms with Crippen molar-refractivity contribution in [2.75, 3.05) is 18.4 Å². The van der Waals surface area contributed by atoms with E-state index in [1.807, 2.05) is 6.07 Å². The maximum Gasteiger partial charge on any atom is 0.321 e. The number of carboxylic acids is 1. The number of hydrogen-bond donors (Lipinski definition) is 4. The Morgan fingerprint density at radius 3 is 2.50 bits per heavy atom. The van der Waals surface area contributed by atoms with Crippen LogP contribution in [0.4, 0.5) is 5.69 Å². The number of para-hydroxylation sites is 1. The number of carbonyl (C=O) groups is 2. The molecule has 0 spiro atoms. The van der Waals surface area contributed by atoms with Crippen molar-refractivity contribution in [3.8, 4) is 0 Å². The summed E-state index contributed by atoms with van der Waals surface area (Å²) in [5, 5.41) is 14.3. The van der Waals surface area contributed by atoms with Gasteiger partial charge >= 0.3 is 5.97 Å². The summed E-state index contributed by atoms with van der Waals surface area (Å²) in [5.74, 6) is -1.41. The Bertz CT molecular complexity index is 395. The Morgan fingerprint density at radius 1 is 1.28 bits per heavy atom. The highest BCUT2D eigenvalue weighted by molar-refractivity contribution is 5.93. The predicted molar refractivity (Wildman–Crippen MR) is 68.2 cm³/mol.